The quantitative estimate of drug-likeness (QED) is 0.311. The van der Waals surface area contributed by atoms with Crippen LogP contribution in [-0.4, -0.2) is 77.6 Å². The van der Waals surface area contributed by atoms with Gasteiger partial charge in [0.05, 0.1) is 30.1 Å². The second kappa shape index (κ2) is 13.6. The maximum atomic E-state index is 14.1. The molecule has 0 unspecified atom stereocenters. The number of pyridine rings is 1. The van der Waals surface area contributed by atoms with Crippen molar-refractivity contribution < 1.29 is 32.3 Å². The normalized spacial score (nSPS) is 25.8. The van der Waals surface area contributed by atoms with Crippen molar-refractivity contribution in [2.75, 3.05) is 13.7 Å². The Balaban J connectivity index is 1.18. The van der Waals surface area contributed by atoms with Gasteiger partial charge in [0.2, 0.25) is 21.8 Å². The predicted octanol–water partition coefficient (Wildman–Crippen LogP) is 4.84. The molecule has 3 fully saturated rings. The van der Waals surface area contributed by atoms with Crippen LogP contribution in [0.2, 0.25) is 0 Å². The average Bonchev–Trinajstić information content (AvgIpc) is 3.96. The van der Waals surface area contributed by atoms with Crippen LogP contribution in [-0.2, 0) is 24.4 Å². The molecule has 50 heavy (non-hydrogen) atoms. The van der Waals surface area contributed by atoms with E-state index in [1.807, 2.05) is 41.8 Å². The van der Waals surface area contributed by atoms with Crippen molar-refractivity contribution in [1.82, 2.24) is 24.9 Å². The van der Waals surface area contributed by atoms with Crippen LogP contribution >= 0.6 is 11.3 Å². The molecule has 4 aliphatic rings. The number of nitrogens with zero attached hydrogens (tertiary/aromatic N) is 3. The summed E-state index contributed by atoms with van der Waals surface area (Å²) in [7, 11) is -2.23. The molecule has 2 N–H and O–H groups in total. The number of methoxy groups -OCH3 is 1. The molecule has 0 bridgehead atoms. The van der Waals surface area contributed by atoms with E-state index in [0.29, 0.717) is 48.4 Å². The van der Waals surface area contributed by atoms with E-state index in [9.17, 15) is 22.8 Å². The molecule has 2 aliphatic heterocycles. The Bertz CT molecular complexity index is 1960. The third-order valence-electron chi connectivity index (χ3n) is 10.1. The maximum Gasteiger partial charge on any atom is 0.259 e. The van der Waals surface area contributed by atoms with Crippen molar-refractivity contribution in [3.63, 3.8) is 0 Å². The number of benzene rings is 1. The Labute approximate surface area is 296 Å². The molecule has 12 nitrogen and oxygen atoms in total. The average molecular weight is 722 g/mol. The number of carbonyl (C=O) groups excluding carboxylic acids is 3. The molecular weight excluding hydrogens is 679 g/mol. The van der Waals surface area contributed by atoms with Crippen LogP contribution in [0.3, 0.4) is 0 Å². The van der Waals surface area contributed by atoms with E-state index in [1.54, 1.807) is 12.0 Å². The number of amides is 3. The summed E-state index contributed by atoms with van der Waals surface area (Å²) >= 11 is 1.51. The fourth-order valence-electron chi connectivity index (χ4n) is 6.85. The van der Waals surface area contributed by atoms with Gasteiger partial charge in [-0.05, 0) is 56.6 Å². The summed E-state index contributed by atoms with van der Waals surface area (Å²) in [5, 5.41) is 5.86. The molecule has 14 heteroatoms. The number of nitrogens with one attached hydrogen (secondary N) is 2. The van der Waals surface area contributed by atoms with Gasteiger partial charge >= 0.3 is 0 Å². The van der Waals surface area contributed by atoms with Crippen molar-refractivity contribution in [1.29, 1.82) is 0 Å². The molecule has 0 spiro atoms. The Morgan fingerprint density at radius 2 is 1.96 bits per heavy atom. The molecule has 2 aliphatic carbocycles. The highest BCUT2D eigenvalue weighted by molar-refractivity contribution is 7.91. The summed E-state index contributed by atoms with van der Waals surface area (Å²) in [4.78, 5) is 52.6. The van der Waals surface area contributed by atoms with Crippen molar-refractivity contribution in [3.05, 3.63) is 47.5 Å². The second-order valence-electron chi connectivity index (χ2n) is 14.1. The van der Waals surface area contributed by atoms with E-state index < -0.39 is 44.8 Å². The van der Waals surface area contributed by atoms with Crippen LogP contribution in [0.5, 0.6) is 11.5 Å². The first-order valence-corrected chi connectivity index (χ1v) is 19.9. The molecule has 3 amide bonds. The highest BCUT2D eigenvalue weighted by Crippen LogP contribution is 2.46. The van der Waals surface area contributed by atoms with Gasteiger partial charge in [-0.25, -0.2) is 18.4 Å². The summed E-state index contributed by atoms with van der Waals surface area (Å²) in [6.45, 7) is 4.35. The van der Waals surface area contributed by atoms with Crippen LogP contribution in [0.15, 0.2) is 41.8 Å². The Morgan fingerprint density at radius 3 is 2.70 bits per heavy atom. The molecular formula is C36H43N5O7S2. The summed E-state index contributed by atoms with van der Waals surface area (Å²) in [6, 6.07) is 6.51. The first kappa shape index (κ1) is 34.4. The number of rotatable bonds is 8. The molecule has 1 saturated heterocycles. The van der Waals surface area contributed by atoms with Gasteiger partial charge in [-0.3, -0.25) is 19.1 Å². The van der Waals surface area contributed by atoms with Gasteiger partial charge in [0.25, 0.3) is 5.91 Å². The SMILES string of the molecule is COc1ccc2c(O[C@@H]3C[C@H]4C(=O)N[C@]5(C(=O)NS(=O)(=O)C6CC6)C[C@H]5C=CCCCCCC(=O)N4C3)cc(-c3nc(C(C)C)cs3)nc2c1. The zero-order chi connectivity index (χ0) is 35.2. The van der Waals surface area contributed by atoms with Gasteiger partial charge in [0, 0.05) is 41.7 Å². The van der Waals surface area contributed by atoms with E-state index in [0.717, 1.165) is 35.4 Å². The van der Waals surface area contributed by atoms with Gasteiger partial charge in [0.1, 0.15) is 39.9 Å². The van der Waals surface area contributed by atoms with Gasteiger partial charge < -0.3 is 19.7 Å². The molecule has 2 aromatic heterocycles. The van der Waals surface area contributed by atoms with Crippen LogP contribution in [0.25, 0.3) is 21.6 Å². The third-order valence-corrected chi connectivity index (χ3v) is 12.8. The minimum atomic E-state index is -3.82. The zero-order valence-corrected chi connectivity index (χ0v) is 30.1. The molecule has 7 rings (SSSR count). The van der Waals surface area contributed by atoms with Crippen molar-refractivity contribution >= 4 is 50.0 Å². The topological polar surface area (TPSA) is 157 Å². The lowest BCUT2D eigenvalue weighted by Gasteiger charge is -2.26. The van der Waals surface area contributed by atoms with Crippen molar-refractivity contribution in [2.45, 2.75) is 100 Å². The van der Waals surface area contributed by atoms with E-state index in [1.165, 1.54) is 11.3 Å². The summed E-state index contributed by atoms with van der Waals surface area (Å²) in [5.41, 5.74) is 0.876. The summed E-state index contributed by atoms with van der Waals surface area (Å²) < 4.78 is 39.8. The number of hydrogen-bond donors (Lipinski definition) is 2. The van der Waals surface area contributed by atoms with E-state index in [2.05, 4.69) is 23.9 Å². The number of carbonyl (C=O) groups is 3. The number of sulfonamides is 1. The van der Waals surface area contributed by atoms with Gasteiger partial charge in [-0.1, -0.05) is 32.4 Å². The fraction of sp³-hybridized carbons (Fsp3) is 0.528. The van der Waals surface area contributed by atoms with Crippen LogP contribution < -0.4 is 19.5 Å². The van der Waals surface area contributed by atoms with E-state index in [4.69, 9.17) is 19.4 Å². The molecule has 1 aromatic carbocycles. The predicted molar refractivity (Wildman–Crippen MR) is 189 cm³/mol. The molecule has 4 atom stereocenters. The van der Waals surface area contributed by atoms with Crippen molar-refractivity contribution in [2.24, 2.45) is 5.92 Å². The summed E-state index contributed by atoms with van der Waals surface area (Å²) in [5.74, 6) is -0.268. The number of aromatic nitrogens is 2. The van der Waals surface area contributed by atoms with E-state index >= 15 is 0 Å². The Kier molecular flexibility index (Phi) is 9.35. The largest absolute Gasteiger partial charge is 0.497 e. The minimum absolute atomic E-state index is 0.153. The highest BCUT2D eigenvalue weighted by Gasteiger charge is 2.62. The van der Waals surface area contributed by atoms with Crippen LogP contribution in [0, 0.1) is 5.92 Å². The molecule has 2 saturated carbocycles. The molecule has 266 valence electrons. The minimum Gasteiger partial charge on any atom is -0.497 e. The van der Waals surface area contributed by atoms with E-state index in [-0.39, 0.29) is 37.1 Å². The fourth-order valence-corrected chi connectivity index (χ4v) is 9.16. The number of fused-ring (bicyclic) bond motifs is 3. The Hall–Kier alpha value is -4.04. The van der Waals surface area contributed by atoms with Gasteiger partial charge in [-0.2, -0.15) is 0 Å². The number of thiazole rings is 1. The molecule has 4 heterocycles. The maximum absolute atomic E-state index is 14.1. The number of allylic oxidation sites excluding steroid dienone is 1. The first-order valence-electron chi connectivity index (χ1n) is 17.4. The zero-order valence-electron chi connectivity index (χ0n) is 28.5. The lowest BCUT2D eigenvalue weighted by molar-refractivity contribution is -0.139. The molecule has 3 aromatic rings. The van der Waals surface area contributed by atoms with Gasteiger partial charge in [-0.15, -0.1) is 11.3 Å². The second-order valence-corrected chi connectivity index (χ2v) is 17.0. The first-order chi connectivity index (χ1) is 24.0. The van der Waals surface area contributed by atoms with Crippen LogP contribution in [0.1, 0.15) is 83.2 Å². The smallest absolute Gasteiger partial charge is 0.259 e. The van der Waals surface area contributed by atoms with Gasteiger partial charge in [0.15, 0.2) is 0 Å². The Morgan fingerprint density at radius 1 is 1.14 bits per heavy atom. The standard InChI is InChI=1S/C36H43N5O7S2/c1-21(2)29-20-49-34(38-29)28-17-31(26-14-11-23(47-3)15-27(26)37-28)48-24-16-30-33(43)39-36(35(44)40-50(45,46)25-12-13-25)18-22(36)9-7-5-4-6-8-10-32(42)41(30)19-24/h7,9,11,14-15,17,20-22,24-25,30H,4-6,8,10,12-13,16,18-19H2,1-3H3,(H,39,43)(H,40,44)/t22-,24-,30+,36-/m1/s1. The molecule has 0 radical (unpaired) electrons. The summed E-state index contributed by atoms with van der Waals surface area (Å²) in [6.07, 6.45) is 8.34. The monoisotopic (exact) mass is 721 g/mol. The number of ether oxygens (including phenoxy) is 2. The lowest BCUT2D eigenvalue weighted by Crippen LogP contribution is -2.56. The van der Waals surface area contributed by atoms with Crippen LogP contribution in [0.4, 0.5) is 0 Å². The third kappa shape index (κ3) is 6.96. The lowest BCUT2D eigenvalue weighted by atomic mass is 10.1. The number of hydrogen-bond acceptors (Lipinski definition) is 10. The highest BCUT2D eigenvalue weighted by atomic mass is 32.2. The van der Waals surface area contributed by atoms with Crippen molar-refractivity contribution in [3.8, 4) is 22.2 Å².